The molecule has 1 N–H and O–H groups in total. The number of hydrogen-bond donors (Lipinski definition) is 1. The highest BCUT2D eigenvalue weighted by atomic mass is 16.4. The summed E-state index contributed by atoms with van der Waals surface area (Å²) in [7, 11) is 1.71. The van der Waals surface area contributed by atoms with Crippen molar-refractivity contribution in [3.05, 3.63) is 35.4 Å². The fraction of sp³-hybridized carbons (Fsp3) is 0.500. The number of rotatable bonds is 6. The van der Waals surface area contributed by atoms with Gasteiger partial charge < -0.3 is 10.0 Å². The second-order valence-electron chi connectivity index (χ2n) is 5.47. The minimum absolute atomic E-state index is 0.0458. The first-order valence-corrected chi connectivity index (χ1v) is 7.15. The van der Waals surface area contributed by atoms with Gasteiger partial charge in [-0.25, -0.2) is 0 Å². The Labute approximate surface area is 119 Å². The molecule has 0 aliphatic heterocycles. The van der Waals surface area contributed by atoms with E-state index in [1.54, 1.807) is 11.9 Å². The molecule has 0 heterocycles. The van der Waals surface area contributed by atoms with Gasteiger partial charge in [0.1, 0.15) is 0 Å². The van der Waals surface area contributed by atoms with Gasteiger partial charge in [0.05, 0.1) is 0 Å². The highest BCUT2D eigenvalue weighted by Gasteiger charge is 2.20. The fourth-order valence-electron chi connectivity index (χ4n) is 2.43. The largest absolute Gasteiger partial charge is 0.481 e. The molecule has 1 aliphatic carbocycles. The summed E-state index contributed by atoms with van der Waals surface area (Å²) in [5.41, 5.74) is 1.99. The molecule has 1 aliphatic rings. The van der Waals surface area contributed by atoms with E-state index in [0.29, 0.717) is 24.4 Å². The second kappa shape index (κ2) is 6.55. The van der Waals surface area contributed by atoms with Gasteiger partial charge in [-0.1, -0.05) is 18.6 Å². The standard InChI is InChI=1S/C16H21NO3/c1-17(11-3-6-15(18)19)16(20)14-9-7-13(8-10-14)12-4-2-5-12/h7-10,12H,2-6,11H2,1H3,(H,18,19). The summed E-state index contributed by atoms with van der Waals surface area (Å²) < 4.78 is 0. The molecule has 1 fully saturated rings. The minimum Gasteiger partial charge on any atom is -0.481 e. The van der Waals surface area contributed by atoms with Crippen molar-refractivity contribution in [1.29, 1.82) is 0 Å². The maximum absolute atomic E-state index is 12.2. The quantitative estimate of drug-likeness (QED) is 0.868. The Morgan fingerprint density at radius 1 is 1.25 bits per heavy atom. The Kier molecular flexibility index (Phi) is 4.77. The number of aliphatic carboxylic acids is 1. The zero-order valence-corrected chi connectivity index (χ0v) is 11.8. The third kappa shape index (κ3) is 3.59. The number of benzene rings is 1. The van der Waals surface area contributed by atoms with Gasteiger partial charge in [-0.3, -0.25) is 9.59 Å². The molecule has 0 saturated heterocycles. The van der Waals surface area contributed by atoms with Crippen molar-refractivity contribution in [1.82, 2.24) is 4.90 Å². The summed E-state index contributed by atoms with van der Waals surface area (Å²) in [6, 6.07) is 7.84. The lowest BCUT2D eigenvalue weighted by Crippen LogP contribution is -2.28. The summed E-state index contributed by atoms with van der Waals surface area (Å²) in [6.07, 6.45) is 4.39. The number of carboxylic acid groups (broad SMARTS) is 1. The summed E-state index contributed by atoms with van der Waals surface area (Å²) >= 11 is 0. The summed E-state index contributed by atoms with van der Waals surface area (Å²) in [4.78, 5) is 24.2. The van der Waals surface area contributed by atoms with Crippen molar-refractivity contribution in [3.8, 4) is 0 Å². The molecule has 4 heteroatoms. The van der Waals surface area contributed by atoms with Gasteiger partial charge >= 0.3 is 5.97 Å². The minimum atomic E-state index is -0.823. The predicted molar refractivity (Wildman–Crippen MR) is 76.9 cm³/mol. The lowest BCUT2D eigenvalue weighted by Gasteiger charge is -2.26. The molecule has 1 saturated carbocycles. The van der Waals surface area contributed by atoms with E-state index >= 15 is 0 Å². The molecule has 1 amide bonds. The Balaban J connectivity index is 1.89. The van der Waals surface area contributed by atoms with Crippen molar-refractivity contribution in [2.24, 2.45) is 0 Å². The predicted octanol–water partition coefficient (Wildman–Crippen LogP) is 2.89. The lowest BCUT2D eigenvalue weighted by atomic mass is 9.80. The molecule has 2 rings (SSSR count). The number of amides is 1. The smallest absolute Gasteiger partial charge is 0.303 e. The highest BCUT2D eigenvalue weighted by Crippen LogP contribution is 2.36. The molecule has 0 atom stereocenters. The van der Waals surface area contributed by atoms with Crippen molar-refractivity contribution in [2.45, 2.75) is 38.0 Å². The van der Waals surface area contributed by atoms with Crippen LogP contribution in [0.3, 0.4) is 0 Å². The molecular weight excluding hydrogens is 254 g/mol. The maximum Gasteiger partial charge on any atom is 0.303 e. The van der Waals surface area contributed by atoms with Crippen molar-refractivity contribution < 1.29 is 14.7 Å². The second-order valence-corrected chi connectivity index (χ2v) is 5.47. The molecule has 0 aromatic heterocycles. The fourth-order valence-corrected chi connectivity index (χ4v) is 2.43. The molecule has 0 bridgehead atoms. The van der Waals surface area contributed by atoms with Crippen LogP contribution < -0.4 is 0 Å². The highest BCUT2D eigenvalue weighted by molar-refractivity contribution is 5.94. The average molecular weight is 275 g/mol. The first kappa shape index (κ1) is 14.6. The van der Waals surface area contributed by atoms with E-state index in [1.807, 2.05) is 24.3 Å². The number of hydrogen-bond acceptors (Lipinski definition) is 2. The topological polar surface area (TPSA) is 57.6 Å². The van der Waals surface area contributed by atoms with Gasteiger partial charge in [0.2, 0.25) is 0 Å². The molecular formula is C16H21NO3. The number of nitrogens with zero attached hydrogens (tertiary/aromatic N) is 1. The number of carbonyl (C=O) groups excluding carboxylic acids is 1. The van der Waals surface area contributed by atoms with Crippen LogP contribution in [0, 0.1) is 0 Å². The molecule has 0 unspecified atom stereocenters. The third-order valence-electron chi connectivity index (χ3n) is 3.97. The lowest BCUT2D eigenvalue weighted by molar-refractivity contribution is -0.137. The first-order valence-electron chi connectivity index (χ1n) is 7.15. The van der Waals surface area contributed by atoms with Crippen LogP contribution in [0.4, 0.5) is 0 Å². The zero-order chi connectivity index (χ0) is 14.5. The number of carbonyl (C=O) groups is 2. The van der Waals surface area contributed by atoms with Gasteiger partial charge in [0.15, 0.2) is 0 Å². The van der Waals surface area contributed by atoms with Crippen LogP contribution in [0.25, 0.3) is 0 Å². The van der Waals surface area contributed by atoms with Gasteiger partial charge in [-0.05, 0) is 42.9 Å². The van der Waals surface area contributed by atoms with E-state index < -0.39 is 5.97 Å². The molecule has 1 aromatic carbocycles. The van der Waals surface area contributed by atoms with Crippen LogP contribution in [-0.2, 0) is 4.79 Å². The van der Waals surface area contributed by atoms with Crippen LogP contribution in [0.15, 0.2) is 24.3 Å². The third-order valence-corrected chi connectivity index (χ3v) is 3.97. The molecule has 20 heavy (non-hydrogen) atoms. The molecule has 1 aromatic rings. The van der Waals surface area contributed by atoms with Crippen LogP contribution in [-0.4, -0.2) is 35.5 Å². The first-order chi connectivity index (χ1) is 9.58. The van der Waals surface area contributed by atoms with E-state index in [1.165, 1.54) is 24.8 Å². The van der Waals surface area contributed by atoms with Gasteiger partial charge in [0, 0.05) is 25.6 Å². The van der Waals surface area contributed by atoms with Gasteiger partial charge in [0.25, 0.3) is 5.91 Å². The van der Waals surface area contributed by atoms with E-state index in [9.17, 15) is 9.59 Å². The summed E-state index contributed by atoms with van der Waals surface area (Å²) in [5, 5.41) is 8.59. The van der Waals surface area contributed by atoms with Gasteiger partial charge in [-0.15, -0.1) is 0 Å². The SMILES string of the molecule is CN(CCCC(=O)O)C(=O)c1ccc(C2CCC2)cc1. The van der Waals surface area contributed by atoms with Crippen LogP contribution in [0.5, 0.6) is 0 Å². The van der Waals surface area contributed by atoms with E-state index in [4.69, 9.17) is 5.11 Å². The zero-order valence-electron chi connectivity index (χ0n) is 11.8. The Morgan fingerprint density at radius 2 is 1.90 bits per heavy atom. The van der Waals surface area contributed by atoms with Crippen LogP contribution in [0.1, 0.15) is 53.9 Å². The van der Waals surface area contributed by atoms with Crippen LogP contribution >= 0.6 is 0 Å². The monoisotopic (exact) mass is 275 g/mol. The van der Waals surface area contributed by atoms with E-state index in [0.717, 1.165) is 0 Å². The summed E-state index contributed by atoms with van der Waals surface area (Å²) in [5.74, 6) is -0.196. The van der Waals surface area contributed by atoms with E-state index in [2.05, 4.69) is 0 Å². The van der Waals surface area contributed by atoms with Crippen molar-refractivity contribution in [2.75, 3.05) is 13.6 Å². The normalized spacial score (nSPS) is 14.7. The Hall–Kier alpha value is -1.84. The Bertz CT molecular complexity index is 477. The molecule has 108 valence electrons. The maximum atomic E-state index is 12.2. The van der Waals surface area contributed by atoms with Crippen LogP contribution in [0.2, 0.25) is 0 Å². The molecule has 4 nitrogen and oxygen atoms in total. The molecule has 0 radical (unpaired) electrons. The number of carboxylic acids is 1. The average Bonchev–Trinajstić information content (AvgIpc) is 2.36. The summed E-state index contributed by atoms with van der Waals surface area (Å²) in [6.45, 7) is 0.468. The van der Waals surface area contributed by atoms with Crippen molar-refractivity contribution >= 4 is 11.9 Å². The van der Waals surface area contributed by atoms with E-state index in [-0.39, 0.29) is 12.3 Å². The van der Waals surface area contributed by atoms with Gasteiger partial charge in [-0.2, -0.15) is 0 Å². The van der Waals surface area contributed by atoms with Crippen molar-refractivity contribution in [3.63, 3.8) is 0 Å². The molecule has 0 spiro atoms. The Morgan fingerprint density at radius 3 is 2.40 bits per heavy atom.